The minimum Gasteiger partial charge on any atom is -0.315 e. The van der Waals surface area contributed by atoms with Crippen molar-refractivity contribution >= 4 is 16.1 Å². The van der Waals surface area contributed by atoms with Crippen LogP contribution < -0.4 is 5.32 Å². The molecule has 1 aromatic carbocycles. The quantitative estimate of drug-likeness (QED) is 0.796. The van der Waals surface area contributed by atoms with Crippen LogP contribution in [0.5, 0.6) is 0 Å². The molecule has 0 heterocycles. The second-order valence-corrected chi connectivity index (χ2v) is 18.2. The highest BCUT2D eigenvalue weighted by molar-refractivity contribution is 6.96. The van der Waals surface area contributed by atoms with Crippen LogP contribution in [-0.4, -0.2) is 21.4 Å². The van der Waals surface area contributed by atoms with E-state index in [4.69, 9.17) is 0 Å². The number of rotatable bonds is 5. The average Bonchev–Trinajstić information content (AvgIpc) is 2.15. The van der Waals surface area contributed by atoms with Crippen molar-refractivity contribution in [2.75, 3.05) is 0 Å². The zero-order chi connectivity index (χ0) is 13.1. The molecular formula is C14H27NSi2. The zero-order valence-electron chi connectivity index (χ0n) is 12.2. The second kappa shape index (κ2) is 5.50. The van der Waals surface area contributed by atoms with Gasteiger partial charge in [-0.1, -0.05) is 69.6 Å². The molecule has 0 aliphatic carbocycles. The average molecular weight is 266 g/mol. The molecule has 0 unspecified atom stereocenters. The minimum absolute atomic E-state index is 0.773. The molecule has 17 heavy (non-hydrogen) atoms. The SMILES string of the molecule is C[Si](C)(C)C(NCc1ccccc1)[Si](C)(C)C. The Bertz CT molecular complexity index is 321. The van der Waals surface area contributed by atoms with Crippen LogP contribution in [0.2, 0.25) is 39.3 Å². The maximum atomic E-state index is 3.84. The molecule has 0 saturated carbocycles. The molecule has 0 fully saturated rings. The molecule has 1 aromatic rings. The van der Waals surface area contributed by atoms with Gasteiger partial charge in [-0.2, -0.15) is 0 Å². The van der Waals surface area contributed by atoms with E-state index in [1.807, 2.05) is 0 Å². The largest absolute Gasteiger partial charge is 0.315 e. The van der Waals surface area contributed by atoms with Crippen LogP contribution in [0.3, 0.4) is 0 Å². The van der Waals surface area contributed by atoms with Gasteiger partial charge < -0.3 is 5.32 Å². The Balaban J connectivity index is 2.70. The molecule has 0 bridgehead atoms. The number of hydrogen-bond acceptors (Lipinski definition) is 1. The van der Waals surface area contributed by atoms with Gasteiger partial charge in [0, 0.05) is 6.54 Å². The molecular weight excluding hydrogens is 238 g/mol. The van der Waals surface area contributed by atoms with Gasteiger partial charge in [0.25, 0.3) is 0 Å². The zero-order valence-corrected chi connectivity index (χ0v) is 14.2. The van der Waals surface area contributed by atoms with Crippen molar-refractivity contribution in [3.63, 3.8) is 0 Å². The fraction of sp³-hybridized carbons (Fsp3) is 0.571. The van der Waals surface area contributed by atoms with Crippen molar-refractivity contribution in [2.45, 2.75) is 51.1 Å². The molecule has 0 aliphatic rings. The summed E-state index contributed by atoms with van der Waals surface area (Å²) in [5.41, 5.74) is 1.40. The van der Waals surface area contributed by atoms with Crippen LogP contribution in [0.15, 0.2) is 30.3 Å². The van der Waals surface area contributed by atoms with Crippen molar-refractivity contribution in [1.29, 1.82) is 0 Å². The van der Waals surface area contributed by atoms with Crippen molar-refractivity contribution in [1.82, 2.24) is 5.32 Å². The molecule has 0 amide bonds. The lowest BCUT2D eigenvalue weighted by atomic mass is 10.2. The van der Waals surface area contributed by atoms with Gasteiger partial charge in [-0.05, 0) is 10.9 Å². The summed E-state index contributed by atoms with van der Waals surface area (Å²) in [6, 6.07) is 10.7. The summed E-state index contributed by atoms with van der Waals surface area (Å²) in [7, 11) is -2.25. The maximum Gasteiger partial charge on any atom is 0.0599 e. The summed E-state index contributed by atoms with van der Waals surface area (Å²) in [5.74, 6) is 0. The normalized spacial score (nSPS) is 13.1. The van der Waals surface area contributed by atoms with Crippen LogP contribution in [0.25, 0.3) is 0 Å². The first-order valence-electron chi connectivity index (χ1n) is 6.48. The standard InChI is InChI=1S/C14H27NSi2/c1-16(2,3)14(17(4,5)6)15-12-13-10-8-7-9-11-13/h7-11,14-15H,12H2,1-6H3. The first-order chi connectivity index (χ1) is 7.71. The van der Waals surface area contributed by atoms with E-state index in [1.165, 1.54) is 5.56 Å². The number of hydrogen-bond donors (Lipinski definition) is 1. The third-order valence-corrected chi connectivity index (χ3v) is 12.2. The molecule has 0 spiro atoms. The Morgan fingerprint density at radius 2 is 1.35 bits per heavy atom. The van der Waals surface area contributed by atoms with Gasteiger partial charge in [0.1, 0.15) is 0 Å². The molecule has 1 nitrogen and oxygen atoms in total. The topological polar surface area (TPSA) is 12.0 Å². The van der Waals surface area contributed by atoms with Gasteiger partial charge in [-0.25, -0.2) is 0 Å². The minimum atomic E-state index is -1.13. The Hall–Kier alpha value is -0.386. The molecule has 96 valence electrons. The van der Waals surface area contributed by atoms with Gasteiger partial charge in [0.15, 0.2) is 0 Å². The monoisotopic (exact) mass is 265 g/mol. The Morgan fingerprint density at radius 3 is 1.76 bits per heavy atom. The lowest BCUT2D eigenvalue weighted by Crippen LogP contribution is -2.61. The van der Waals surface area contributed by atoms with Crippen LogP contribution in [0.1, 0.15) is 5.56 Å². The summed E-state index contributed by atoms with van der Waals surface area (Å²) in [6.45, 7) is 15.9. The summed E-state index contributed by atoms with van der Waals surface area (Å²) >= 11 is 0. The first-order valence-corrected chi connectivity index (χ1v) is 13.6. The third-order valence-electron chi connectivity index (χ3n) is 3.09. The lowest BCUT2D eigenvalue weighted by Gasteiger charge is -2.39. The summed E-state index contributed by atoms with van der Waals surface area (Å²) in [4.78, 5) is 0. The molecule has 1 rings (SSSR count). The fourth-order valence-electron chi connectivity index (χ4n) is 2.73. The van der Waals surface area contributed by atoms with E-state index in [0.29, 0.717) is 0 Å². The van der Waals surface area contributed by atoms with Crippen molar-refractivity contribution in [2.24, 2.45) is 0 Å². The molecule has 0 atom stereocenters. The summed E-state index contributed by atoms with van der Waals surface area (Å²) in [6.07, 6.45) is 0. The Kier molecular flexibility index (Phi) is 4.75. The predicted molar refractivity (Wildman–Crippen MR) is 83.8 cm³/mol. The Labute approximate surface area is 109 Å². The highest BCUT2D eigenvalue weighted by atomic mass is 28.4. The number of nitrogens with one attached hydrogen (secondary N) is 1. The third kappa shape index (κ3) is 4.78. The smallest absolute Gasteiger partial charge is 0.0599 e. The maximum absolute atomic E-state index is 3.84. The van der Waals surface area contributed by atoms with Gasteiger partial charge in [0.05, 0.1) is 16.1 Å². The van der Waals surface area contributed by atoms with Gasteiger partial charge in [-0.3, -0.25) is 0 Å². The first kappa shape index (κ1) is 14.7. The highest BCUT2D eigenvalue weighted by Crippen LogP contribution is 2.19. The molecule has 1 N–H and O–H groups in total. The van der Waals surface area contributed by atoms with Gasteiger partial charge in [-0.15, -0.1) is 0 Å². The van der Waals surface area contributed by atoms with E-state index in [1.54, 1.807) is 0 Å². The van der Waals surface area contributed by atoms with Gasteiger partial charge >= 0.3 is 0 Å². The van der Waals surface area contributed by atoms with Crippen molar-refractivity contribution in [3.05, 3.63) is 35.9 Å². The molecule has 0 radical (unpaired) electrons. The van der Waals surface area contributed by atoms with E-state index in [0.717, 1.165) is 11.8 Å². The molecule has 0 aromatic heterocycles. The number of benzene rings is 1. The van der Waals surface area contributed by atoms with Crippen LogP contribution in [0.4, 0.5) is 0 Å². The van der Waals surface area contributed by atoms with Crippen LogP contribution >= 0.6 is 0 Å². The Morgan fingerprint density at radius 1 is 0.882 bits per heavy atom. The fourth-order valence-corrected chi connectivity index (χ4v) is 14.5. The summed E-state index contributed by atoms with van der Waals surface area (Å²) in [5, 5.41) is 4.61. The lowest BCUT2D eigenvalue weighted by molar-refractivity contribution is 0.721. The van der Waals surface area contributed by atoms with E-state index in [2.05, 4.69) is 74.9 Å². The van der Waals surface area contributed by atoms with Crippen molar-refractivity contribution < 1.29 is 0 Å². The van der Waals surface area contributed by atoms with Gasteiger partial charge in [0.2, 0.25) is 0 Å². The van der Waals surface area contributed by atoms with Crippen LogP contribution in [-0.2, 0) is 6.54 Å². The van der Waals surface area contributed by atoms with Crippen LogP contribution in [0, 0.1) is 0 Å². The van der Waals surface area contributed by atoms with E-state index in [-0.39, 0.29) is 0 Å². The van der Waals surface area contributed by atoms with Crippen molar-refractivity contribution in [3.8, 4) is 0 Å². The molecule has 3 heteroatoms. The molecule has 0 saturated heterocycles. The predicted octanol–water partition coefficient (Wildman–Crippen LogP) is 3.90. The second-order valence-electron chi connectivity index (χ2n) is 7.03. The van der Waals surface area contributed by atoms with E-state index in [9.17, 15) is 0 Å². The summed E-state index contributed by atoms with van der Waals surface area (Å²) < 4.78 is 0. The van der Waals surface area contributed by atoms with E-state index < -0.39 is 16.1 Å². The molecule has 0 aliphatic heterocycles. The van der Waals surface area contributed by atoms with E-state index >= 15 is 0 Å². The highest BCUT2D eigenvalue weighted by Gasteiger charge is 2.36.